The Labute approximate surface area is 119 Å². The molecule has 0 saturated heterocycles. The van der Waals surface area contributed by atoms with E-state index in [4.69, 9.17) is 0 Å². The molecule has 0 aliphatic carbocycles. The summed E-state index contributed by atoms with van der Waals surface area (Å²) in [6.07, 6.45) is -2.83. The number of hydrogen-bond acceptors (Lipinski definition) is 2. The molecule has 0 heterocycles. The molecule has 0 bridgehead atoms. The van der Waals surface area contributed by atoms with Crippen molar-refractivity contribution in [1.82, 2.24) is 4.72 Å². The van der Waals surface area contributed by atoms with Crippen LogP contribution in [0.2, 0.25) is 0 Å². The minimum atomic E-state index is -3.97. The van der Waals surface area contributed by atoms with Gasteiger partial charge in [0.1, 0.15) is 0 Å². The van der Waals surface area contributed by atoms with Gasteiger partial charge < -0.3 is 0 Å². The number of rotatable bonds is 4. The highest BCUT2D eigenvalue weighted by atomic mass is 32.2. The highest BCUT2D eigenvalue weighted by Crippen LogP contribution is 2.30. The largest absolute Gasteiger partial charge is 0.265 e. The Morgan fingerprint density at radius 1 is 1.15 bits per heavy atom. The van der Waals surface area contributed by atoms with E-state index in [1.807, 2.05) is 13.8 Å². The first-order valence-electron chi connectivity index (χ1n) is 6.40. The first-order valence-corrected chi connectivity index (χ1v) is 7.88. The fourth-order valence-electron chi connectivity index (χ4n) is 1.80. The van der Waals surface area contributed by atoms with Crippen LogP contribution < -0.4 is 4.72 Å². The third-order valence-electron chi connectivity index (χ3n) is 2.67. The molecule has 114 valence electrons. The van der Waals surface area contributed by atoms with Crippen molar-refractivity contribution in [2.75, 3.05) is 0 Å². The molecule has 1 N–H and O–H groups in total. The van der Waals surface area contributed by atoms with Crippen LogP contribution in [0, 0.1) is 0 Å². The summed E-state index contributed by atoms with van der Waals surface area (Å²) < 4.78 is 53.1. The number of benzene rings is 1. The molecule has 6 heteroatoms. The average Bonchev–Trinajstić information content (AvgIpc) is 2.24. The van der Waals surface area contributed by atoms with Gasteiger partial charge in [-0.1, -0.05) is 19.9 Å². The zero-order chi connectivity index (χ0) is 15.7. The van der Waals surface area contributed by atoms with E-state index in [1.165, 1.54) is 12.1 Å². The maximum absolute atomic E-state index is 13.1. The van der Waals surface area contributed by atoms with E-state index in [-0.39, 0.29) is 10.8 Å². The van der Waals surface area contributed by atoms with Gasteiger partial charge in [0.2, 0.25) is 10.0 Å². The first-order chi connectivity index (χ1) is 8.94. The minimum Gasteiger partial charge on any atom is -0.207 e. The van der Waals surface area contributed by atoms with Crippen molar-refractivity contribution < 1.29 is 17.2 Å². The fourth-order valence-corrected chi connectivity index (χ4v) is 3.42. The first kappa shape index (κ1) is 17.0. The van der Waals surface area contributed by atoms with E-state index in [1.54, 1.807) is 26.8 Å². The normalized spacial score (nSPS) is 13.2. The van der Waals surface area contributed by atoms with Gasteiger partial charge in [-0.15, -0.1) is 0 Å². The SMILES string of the molecule is CC(C)c1ccc(S(=O)(=O)NC(C)(C)C)c(C(F)F)c1. The third-order valence-corrected chi connectivity index (χ3v) is 4.50. The van der Waals surface area contributed by atoms with Crippen LogP contribution in [0.4, 0.5) is 8.78 Å². The predicted molar refractivity (Wildman–Crippen MR) is 75.6 cm³/mol. The molecule has 0 unspecified atom stereocenters. The van der Waals surface area contributed by atoms with Crippen molar-refractivity contribution in [2.45, 2.75) is 57.4 Å². The fraction of sp³-hybridized carbons (Fsp3) is 0.571. The van der Waals surface area contributed by atoms with Crippen LogP contribution in [-0.4, -0.2) is 14.0 Å². The lowest BCUT2D eigenvalue weighted by molar-refractivity contribution is 0.147. The van der Waals surface area contributed by atoms with E-state index in [0.29, 0.717) is 5.56 Å². The Morgan fingerprint density at radius 2 is 1.70 bits per heavy atom. The highest BCUT2D eigenvalue weighted by molar-refractivity contribution is 7.89. The average molecular weight is 305 g/mol. The molecule has 0 fully saturated rings. The number of nitrogens with one attached hydrogen (secondary N) is 1. The van der Waals surface area contributed by atoms with E-state index in [0.717, 1.165) is 0 Å². The maximum atomic E-state index is 13.1. The van der Waals surface area contributed by atoms with Gasteiger partial charge in [-0.25, -0.2) is 21.9 Å². The lowest BCUT2D eigenvalue weighted by Crippen LogP contribution is -2.40. The Bertz CT molecular complexity index is 575. The van der Waals surface area contributed by atoms with Crippen LogP contribution in [0.15, 0.2) is 23.1 Å². The van der Waals surface area contributed by atoms with Crippen LogP contribution in [0.5, 0.6) is 0 Å². The van der Waals surface area contributed by atoms with Crippen molar-refractivity contribution in [1.29, 1.82) is 0 Å². The zero-order valence-electron chi connectivity index (χ0n) is 12.4. The summed E-state index contributed by atoms with van der Waals surface area (Å²) in [5.41, 5.74) is -0.488. The van der Waals surface area contributed by atoms with Crippen molar-refractivity contribution in [3.05, 3.63) is 29.3 Å². The molecule has 0 spiro atoms. The van der Waals surface area contributed by atoms with Crippen LogP contribution in [-0.2, 0) is 10.0 Å². The molecule has 0 atom stereocenters. The highest BCUT2D eigenvalue weighted by Gasteiger charge is 2.27. The third kappa shape index (κ3) is 4.24. The molecule has 0 aliphatic rings. The van der Waals surface area contributed by atoms with Gasteiger partial charge in [-0.05, 0) is 44.4 Å². The van der Waals surface area contributed by atoms with Crippen LogP contribution in [0.1, 0.15) is 58.1 Å². The van der Waals surface area contributed by atoms with E-state index >= 15 is 0 Å². The van der Waals surface area contributed by atoms with Gasteiger partial charge in [0.25, 0.3) is 6.43 Å². The van der Waals surface area contributed by atoms with Gasteiger partial charge in [0.15, 0.2) is 0 Å². The quantitative estimate of drug-likeness (QED) is 0.919. The summed E-state index contributed by atoms with van der Waals surface area (Å²) in [7, 11) is -3.97. The van der Waals surface area contributed by atoms with Gasteiger partial charge in [-0.2, -0.15) is 0 Å². The van der Waals surface area contributed by atoms with Gasteiger partial charge >= 0.3 is 0 Å². The second kappa shape index (κ2) is 5.77. The summed E-state index contributed by atoms with van der Waals surface area (Å²) in [5.74, 6) is 0.0554. The smallest absolute Gasteiger partial charge is 0.207 e. The molecule has 1 rings (SSSR count). The molecule has 1 aromatic carbocycles. The summed E-state index contributed by atoms with van der Waals surface area (Å²) >= 11 is 0. The number of halogens is 2. The summed E-state index contributed by atoms with van der Waals surface area (Å²) in [6.45, 7) is 8.72. The van der Waals surface area contributed by atoms with Gasteiger partial charge in [0, 0.05) is 11.1 Å². The second-order valence-electron chi connectivity index (χ2n) is 6.11. The molecule has 0 saturated carbocycles. The molecule has 0 aromatic heterocycles. The molecule has 20 heavy (non-hydrogen) atoms. The van der Waals surface area contributed by atoms with Gasteiger partial charge in [0.05, 0.1) is 4.90 Å². The molecule has 0 radical (unpaired) electrons. The van der Waals surface area contributed by atoms with Crippen molar-refractivity contribution in [3.8, 4) is 0 Å². The second-order valence-corrected chi connectivity index (χ2v) is 7.76. The zero-order valence-corrected chi connectivity index (χ0v) is 13.2. The van der Waals surface area contributed by atoms with E-state index in [2.05, 4.69) is 4.72 Å². The van der Waals surface area contributed by atoms with Crippen LogP contribution in [0.25, 0.3) is 0 Å². The summed E-state index contributed by atoms with van der Waals surface area (Å²) in [6, 6.07) is 4.10. The molecule has 0 amide bonds. The molecular weight excluding hydrogens is 284 g/mol. The Morgan fingerprint density at radius 3 is 2.10 bits per heavy atom. The summed E-state index contributed by atoms with van der Waals surface area (Å²) in [5, 5.41) is 0. The van der Waals surface area contributed by atoms with E-state index in [9.17, 15) is 17.2 Å². The lowest BCUT2D eigenvalue weighted by Gasteiger charge is -2.22. The monoisotopic (exact) mass is 305 g/mol. The number of alkyl halides is 2. The molecule has 1 aromatic rings. The number of hydrogen-bond donors (Lipinski definition) is 1. The van der Waals surface area contributed by atoms with Crippen molar-refractivity contribution in [2.24, 2.45) is 0 Å². The molecule has 0 aliphatic heterocycles. The maximum Gasteiger partial charge on any atom is 0.265 e. The summed E-state index contributed by atoms with van der Waals surface area (Å²) in [4.78, 5) is -0.355. The Kier molecular flexibility index (Phi) is 4.92. The Hall–Kier alpha value is -1.01. The minimum absolute atomic E-state index is 0.0554. The van der Waals surface area contributed by atoms with Crippen molar-refractivity contribution >= 4 is 10.0 Å². The lowest BCUT2D eigenvalue weighted by atomic mass is 10.0. The van der Waals surface area contributed by atoms with Crippen molar-refractivity contribution in [3.63, 3.8) is 0 Å². The number of sulfonamides is 1. The van der Waals surface area contributed by atoms with Crippen LogP contribution in [0.3, 0.4) is 0 Å². The standard InChI is InChI=1S/C14H21F2NO2S/c1-9(2)10-6-7-12(11(8-10)13(15)16)20(18,19)17-14(3,4)5/h6-9,13,17H,1-5H3. The topological polar surface area (TPSA) is 46.2 Å². The van der Waals surface area contributed by atoms with E-state index < -0.39 is 27.6 Å². The molecule has 3 nitrogen and oxygen atoms in total. The van der Waals surface area contributed by atoms with Crippen LogP contribution >= 0.6 is 0 Å². The predicted octanol–water partition coefficient (Wildman–Crippen LogP) is 3.82. The van der Waals surface area contributed by atoms with Gasteiger partial charge in [-0.3, -0.25) is 0 Å². The molecular formula is C14H21F2NO2S. The Balaban J connectivity index is 3.38.